The predicted molar refractivity (Wildman–Crippen MR) is 265 cm³/mol. The lowest BCUT2D eigenvalue weighted by molar-refractivity contribution is 0.443. The van der Waals surface area contributed by atoms with Crippen molar-refractivity contribution in [2.45, 2.75) is 114 Å². The van der Waals surface area contributed by atoms with Crippen LogP contribution in [-0.2, 0) is 0 Å². The molecule has 0 bridgehead atoms. The van der Waals surface area contributed by atoms with Crippen molar-refractivity contribution >= 4 is 53.5 Å². The van der Waals surface area contributed by atoms with E-state index in [9.17, 15) is 0 Å². The Morgan fingerprint density at radius 3 is 0.656 bits per heavy atom. The Hall–Kier alpha value is -5.66. The van der Waals surface area contributed by atoms with Crippen molar-refractivity contribution in [3.63, 3.8) is 0 Å². The second-order valence-corrected chi connectivity index (χ2v) is 18.1. The van der Waals surface area contributed by atoms with Crippen LogP contribution in [0.3, 0.4) is 0 Å². The fourth-order valence-electron chi connectivity index (χ4n) is 10.2. The third-order valence-electron chi connectivity index (χ3n) is 13.9. The molecule has 0 aliphatic heterocycles. The monoisotopic (exact) mass is 797 g/mol. The van der Waals surface area contributed by atoms with Gasteiger partial charge in [0.2, 0.25) is 0 Å². The van der Waals surface area contributed by atoms with Crippen LogP contribution < -0.4 is 4.90 Å². The molecule has 0 unspecified atom stereocenters. The van der Waals surface area contributed by atoms with Crippen LogP contribution in [0.2, 0.25) is 0 Å². The zero-order valence-corrected chi connectivity index (χ0v) is 36.1. The molecule has 308 valence electrons. The first-order chi connectivity index (χ1) is 30.2. The molecule has 61 heavy (non-hydrogen) atoms. The van der Waals surface area contributed by atoms with Gasteiger partial charge < -0.3 is 4.90 Å². The Morgan fingerprint density at radius 2 is 0.443 bits per heavy atom. The van der Waals surface area contributed by atoms with E-state index in [1.807, 2.05) is 0 Å². The third-order valence-corrected chi connectivity index (χ3v) is 13.9. The van der Waals surface area contributed by atoms with E-state index in [-0.39, 0.29) is 0 Å². The Labute approximate surface area is 366 Å². The highest BCUT2D eigenvalue weighted by molar-refractivity contribution is 5.80. The highest BCUT2D eigenvalue weighted by Gasteiger charge is 2.18. The van der Waals surface area contributed by atoms with Crippen molar-refractivity contribution in [2.24, 2.45) is 0 Å². The van der Waals surface area contributed by atoms with Crippen LogP contribution in [0.1, 0.15) is 164 Å². The van der Waals surface area contributed by atoms with Gasteiger partial charge in [0.1, 0.15) is 0 Å². The van der Waals surface area contributed by atoms with E-state index in [4.69, 9.17) is 0 Å². The lowest BCUT2D eigenvalue weighted by Crippen LogP contribution is -2.09. The summed E-state index contributed by atoms with van der Waals surface area (Å²) < 4.78 is 0. The van der Waals surface area contributed by atoms with E-state index in [1.54, 1.807) is 0 Å². The summed E-state index contributed by atoms with van der Waals surface area (Å²) in [5.41, 5.74) is 15.3. The van der Waals surface area contributed by atoms with E-state index in [0.717, 1.165) is 34.8 Å². The van der Waals surface area contributed by atoms with E-state index in [0.29, 0.717) is 0 Å². The van der Waals surface area contributed by atoms with E-state index < -0.39 is 0 Å². The first-order valence-corrected chi connectivity index (χ1v) is 23.6. The lowest BCUT2D eigenvalue weighted by Gasteiger charge is -2.26. The van der Waals surface area contributed by atoms with Gasteiger partial charge in [-0.2, -0.15) is 0 Å². The molecule has 0 heterocycles. The van der Waals surface area contributed by atoms with Crippen molar-refractivity contribution in [1.82, 2.24) is 0 Å². The molecule has 3 aliphatic rings. The van der Waals surface area contributed by atoms with Gasteiger partial charge in [-0.05, 0) is 143 Å². The summed E-state index contributed by atoms with van der Waals surface area (Å²) in [4.78, 5) is 2.37. The number of anilines is 3. The molecule has 1 nitrogen and oxygen atoms in total. The summed E-state index contributed by atoms with van der Waals surface area (Å²) in [5.74, 6) is 2.22. The average Bonchev–Trinajstić information content (AvgIpc) is 3.34. The van der Waals surface area contributed by atoms with Crippen molar-refractivity contribution in [2.75, 3.05) is 4.90 Å². The summed E-state index contributed by atoms with van der Waals surface area (Å²) in [6.07, 6.45) is 33.9. The third kappa shape index (κ3) is 10.8. The molecular formula is C60H63N. The fraction of sp³-hybridized carbons (Fsp3) is 0.300. The molecule has 0 amide bonds. The number of nitrogens with zero attached hydrogens (tertiary/aromatic N) is 1. The van der Waals surface area contributed by atoms with Gasteiger partial charge in [0.15, 0.2) is 0 Å². The molecule has 6 aromatic carbocycles. The Bertz CT molecular complexity index is 2070. The Balaban J connectivity index is 0.915. The summed E-state index contributed by atoms with van der Waals surface area (Å²) in [7, 11) is 0. The molecule has 6 aromatic rings. The molecular weight excluding hydrogens is 735 g/mol. The smallest absolute Gasteiger partial charge is 0.0462 e. The summed E-state index contributed by atoms with van der Waals surface area (Å²) in [5, 5.41) is 0. The number of hydrogen-bond acceptors (Lipinski definition) is 1. The van der Waals surface area contributed by atoms with Crippen LogP contribution in [0, 0.1) is 0 Å². The minimum atomic E-state index is 0.740. The van der Waals surface area contributed by atoms with Crippen LogP contribution in [0.5, 0.6) is 0 Å². The molecule has 0 spiro atoms. The summed E-state index contributed by atoms with van der Waals surface area (Å²) in [6.45, 7) is 0. The van der Waals surface area contributed by atoms with Gasteiger partial charge in [-0.1, -0.05) is 203 Å². The lowest BCUT2D eigenvalue weighted by atomic mass is 9.84. The van der Waals surface area contributed by atoms with Gasteiger partial charge in [-0.15, -0.1) is 0 Å². The molecule has 0 saturated heterocycles. The number of benzene rings is 6. The maximum Gasteiger partial charge on any atom is 0.0462 e. The summed E-state index contributed by atoms with van der Waals surface area (Å²) in [6, 6.07) is 54.8. The molecule has 0 atom stereocenters. The van der Waals surface area contributed by atoms with Crippen LogP contribution in [0.4, 0.5) is 17.1 Å². The fourth-order valence-corrected chi connectivity index (χ4v) is 10.2. The first kappa shape index (κ1) is 40.7. The van der Waals surface area contributed by atoms with E-state index in [1.165, 1.54) is 146 Å². The Kier molecular flexibility index (Phi) is 13.5. The van der Waals surface area contributed by atoms with Gasteiger partial charge in [0.05, 0.1) is 0 Å². The second-order valence-electron chi connectivity index (χ2n) is 18.1. The van der Waals surface area contributed by atoms with Crippen LogP contribution in [0.25, 0.3) is 36.5 Å². The van der Waals surface area contributed by atoms with Crippen molar-refractivity contribution in [3.8, 4) is 0 Å². The second kappa shape index (κ2) is 20.3. The highest BCUT2D eigenvalue weighted by atomic mass is 15.1. The minimum absolute atomic E-state index is 0.740. The molecule has 3 fully saturated rings. The predicted octanol–water partition coefficient (Wildman–Crippen LogP) is 17.8. The molecule has 1 heteroatoms. The quantitative estimate of drug-likeness (QED) is 0.112. The maximum absolute atomic E-state index is 2.37. The largest absolute Gasteiger partial charge is 0.311 e. The molecule has 3 aliphatic carbocycles. The zero-order chi connectivity index (χ0) is 41.1. The van der Waals surface area contributed by atoms with Gasteiger partial charge >= 0.3 is 0 Å². The molecule has 0 radical (unpaired) electrons. The zero-order valence-electron chi connectivity index (χ0n) is 36.1. The topological polar surface area (TPSA) is 3.24 Å². The first-order valence-electron chi connectivity index (χ1n) is 23.6. The van der Waals surface area contributed by atoms with Crippen molar-refractivity contribution < 1.29 is 0 Å². The van der Waals surface area contributed by atoms with Gasteiger partial charge in [0.25, 0.3) is 0 Å². The number of rotatable bonds is 12. The van der Waals surface area contributed by atoms with Crippen molar-refractivity contribution in [1.29, 1.82) is 0 Å². The number of hydrogen-bond donors (Lipinski definition) is 0. The SMILES string of the molecule is C(=C\c1ccc(N(c2ccc(/C=C/c3ccc(C4CCCCC4)cc3)cc2)c2ccc(/C=C/c3ccc(C4CCCCC4)cc3)cc2)cc1)/c1ccc(C2CCCCC2)cc1. The minimum Gasteiger partial charge on any atom is -0.311 e. The van der Waals surface area contributed by atoms with Gasteiger partial charge in [-0.25, -0.2) is 0 Å². The summed E-state index contributed by atoms with van der Waals surface area (Å²) >= 11 is 0. The molecule has 0 aromatic heterocycles. The van der Waals surface area contributed by atoms with Crippen LogP contribution in [-0.4, -0.2) is 0 Å². The molecule has 0 N–H and O–H groups in total. The van der Waals surface area contributed by atoms with Crippen LogP contribution >= 0.6 is 0 Å². The standard InChI is InChI=1S/C60H63N/c1-4-10-52(11-5-1)55-34-22-46(23-35-55)16-19-49-28-40-58(41-29-49)61(59-42-30-50(31-43-59)20-17-47-24-36-56(37-25-47)53-12-6-2-7-13-53)60-44-32-51(33-45-60)21-18-48-26-38-57(39-27-48)54-14-8-3-9-15-54/h16-45,52-54H,1-15H2/b19-16+,20-17+,21-18+. The van der Waals surface area contributed by atoms with E-state index >= 15 is 0 Å². The van der Waals surface area contributed by atoms with Gasteiger partial charge in [-0.3, -0.25) is 0 Å². The highest BCUT2D eigenvalue weighted by Crippen LogP contribution is 2.37. The normalized spacial score (nSPS) is 17.1. The maximum atomic E-state index is 2.37. The molecule has 9 rings (SSSR count). The average molecular weight is 798 g/mol. The Morgan fingerprint density at radius 1 is 0.246 bits per heavy atom. The van der Waals surface area contributed by atoms with Crippen LogP contribution in [0.15, 0.2) is 146 Å². The van der Waals surface area contributed by atoms with E-state index in [2.05, 4.69) is 187 Å². The van der Waals surface area contributed by atoms with Crippen molar-refractivity contribution in [3.05, 3.63) is 196 Å². The molecule has 3 saturated carbocycles. The van der Waals surface area contributed by atoms with Gasteiger partial charge in [0, 0.05) is 17.1 Å².